The van der Waals surface area contributed by atoms with Crippen molar-refractivity contribution in [2.75, 3.05) is 30.8 Å². The van der Waals surface area contributed by atoms with Gasteiger partial charge in [0.25, 0.3) is 11.8 Å². The summed E-state index contributed by atoms with van der Waals surface area (Å²) in [6.45, 7) is -2.60. The Bertz CT molecular complexity index is 3880. The molecule has 3 N–H and O–H groups in total. The zero-order valence-corrected chi connectivity index (χ0v) is 43.7. The van der Waals surface area contributed by atoms with Crippen LogP contribution in [0.1, 0.15) is 59.0 Å². The van der Waals surface area contributed by atoms with E-state index in [1.165, 1.54) is 73.4 Å². The number of ether oxygens (including phenoxy) is 4. The molecule has 9 heterocycles. The molecule has 12 rings (SSSR count). The predicted molar refractivity (Wildman–Crippen MR) is 282 cm³/mol. The van der Waals surface area contributed by atoms with Crippen molar-refractivity contribution in [2.24, 2.45) is 20.0 Å². The number of fused-ring (bicyclic) bond motifs is 2. The Morgan fingerprint density at radius 3 is 1.63 bits per heavy atom. The van der Waals surface area contributed by atoms with Gasteiger partial charge in [-0.1, -0.05) is 6.92 Å². The predicted octanol–water partition coefficient (Wildman–Crippen LogP) is 8.15. The molecule has 418 valence electrons. The lowest BCUT2D eigenvalue weighted by molar-refractivity contribution is -0.0501. The van der Waals surface area contributed by atoms with Crippen LogP contribution in [0.25, 0.3) is 33.8 Å². The van der Waals surface area contributed by atoms with Crippen LogP contribution in [0, 0.1) is 5.92 Å². The number of aliphatic hydroxyl groups is 1. The second-order valence-corrected chi connectivity index (χ2v) is 19.4. The fourth-order valence-electron chi connectivity index (χ4n) is 9.69. The number of hydrogen-bond acceptors (Lipinski definition) is 16. The molecule has 1 aliphatic carbocycles. The maximum atomic E-state index is 13.3. The number of aryl methyl sites for hydroxylation is 2. The molecular weight excluding hydrogens is 1060 g/mol. The van der Waals surface area contributed by atoms with Crippen molar-refractivity contribution in [2.45, 2.75) is 57.6 Å². The number of benzene rings is 2. The molecule has 0 bridgehead atoms. The van der Waals surface area contributed by atoms with Gasteiger partial charge < -0.3 is 39.6 Å². The third-order valence-corrected chi connectivity index (χ3v) is 13.5. The van der Waals surface area contributed by atoms with E-state index in [1.54, 1.807) is 80.5 Å². The summed E-state index contributed by atoms with van der Waals surface area (Å²) in [6.07, 6.45) is 21.2. The van der Waals surface area contributed by atoms with Gasteiger partial charge in [-0.3, -0.25) is 28.3 Å². The molecule has 1 saturated carbocycles. The molecule has 1 aliphatic heterocycles. The molecule has 2 aliphatic rings. The lowest BCUT2D eigenvalue weighted by atomic mass is 9.82. The van der Waals surface area contributed by atoms with Crippen molar-refractivity contribution in [3.8, 4) is 57.0 Å². The fourth-order valence-corrected chi connectivity index (χ4v) is 9.69. The summed E-state index contributed by atoms with van der Waals surface area (Å²) in [7, 11) is 5.24. The Morgan fingerprint density at radius 2 is 1.15 bits per heavy atom. The van der Waals surface area contributed by atoms with Gasteiger partial charge >= 0.3 is 13.2 Å². The number of anilines is 2. The van der Waals surface area contributed by atoms with Crippen molar-refractivity contribution in [3.05, 3.63) is 134 Å². The van der Waals surface area contributed by atoms with E-state index in [1.807, 2.05) is 17.9 Å². The van der Waals surface area contributed by atoms with Gasteiger partial charge in [0, 0.05) is 64.4 Å². The SMILES string of the molecule is CC1CC(n2cc(Oc3ccc(OC(F)F)c(-c4nn(C)cc4NC(=O)c4cnn5cccnc45)c3)cn2)C1.CN1CCC(n2cc(Oc3ccc(OC(F)F)c(-c4nn(C)cc4NC(=O)c4cnn5cccnc45)c3)cn2)C(O)C1. The number of carbonyl (C=O) groups is 2. The first-order chi connectivity index (χ1) is 39.1. The fraction of sp³-hybridized carbons (Fsp3) is 0.283. The van der Waals surface area contributed by atoms with Crippen LogP contribution in [0.4, 0.5) is 28.9 Å². The third-order valence-electron chi connectivity index (χ3n) is 13.5. The van der Waals surface area contributed by atoms with Crippen LogP contribution in [-0.4, -0.2) is 130 Å². The summed E-state index contributed by atoms with van der Waals surface area (Å²) in [4.78, 5) is 36.8. The van der Waals surface area contributed by atoms with E-state index in [4.69, 9.17) is 18.9 Å². The summed E-state index contributed by atoms with van der Waals surface area (Å²) in [5, 5.41) is 41.9. The van der Waals surface area contributed by atoms with Crippen molar-refractivity contribution >= 4 is 34.5 Å². The lowest BCUT2D eigenvalue weighted by Gasteiger charge is -2.33. The number of nitrogens with zero attached hydrogens (tertiary/aromatic N) is 15. The second kappa shape index (κ2) is 22.6. The average molecular weight is 1110 g/mol. The number of amides is 2. The Labute approximate surface area is 457 Å². The number of likely N-dealkylation sites (N-methyl/N-ethyl adjacent to an activating group) is 1. The maximum absolute atomic E-state index is 13.3. The van der Waals surface area contributed by atoms with Crippen LogP contribution in [0.2, 0.25) is 0 Å². The van der Waals surface area contributed by atoms with Gasteiger partial charge in [-0.15, -0.1) is 0 Å². The molecule has 2 unspecified atom stereocenters. The largest absolute Gasteiger partial charge is 0.454 e. The van der Waals surface area contributed by atoms with Crippen molar-refractivity contribution in [3.63, 3.8) is 0 Å². The van der Waals surface area contributed by atoms with Gasteiger partial charge in [0.15, 0.2) is 22.8 Å². The highest BCUT2D eigenvalue weighted by molar-refractivity contribution is 6.10. The number of alkyl halides is 4. The Hall–Kier alpha value is -9.70. The summed E-state index contributed by atoms with van der Waals surface area (Å²) in [5.74, 6) is 0.962. The van der Waals surface area contributed by atoms with Crippen molar-refractivity contribution in [1.29, 1.82) is 0 Å². The van der Waals surface area contributed by atoms with Crippen molar-refractivity contribution in [1.82, 2.24) is 73.2 Å². The molecule has 2 aromatic carbocycles. The highest BCUT2D eigenvalue weighted by atomic mass is 19.3. The first-order valence-corrected chi connectivity index (χ1v) is 25.3. The quantitative estimate of drug-likeness (QED) is 0.0772. The first kappa shape index (κ1) is 53.3. The summed E-state index contributed by atoms with van der Waals surface area (Å²) >= 11 is 0. The number of halogens is 4. The van der Waals surface area contributed by atoms with E-state index >= 15 is 0 Å². The Balaban J connectivity index is 0.000000171. The number of rotatable bonds is 16. The topological polar surface area (TPSA) is 250 Å². The van der Waals surface area contributed by atoms with Crippen LogP contribution in [0.5, 0.6) is 34.5 Å². The van der Waals surface area contributed by atoms with Crippen LogP contribution >= 0.6 is 0 Å². The molecule has 0 spiro atoms. The molecule has 24 nitrogen and oxygen atoms in total. The van der Waals surface area contributed by atoms with Gasteiger partial charge in [-0.25, -0.2) is 19.0 Å². The smallest absolute Gasteiger partial charge is 0.387 e. The average Bonchev–Trinajstić information content (AvgIpc) is 4.38. The van der Waals surface area contributed by atoms with E-state index < -0.39 is 31.1 Å². The summed E-state index contributed by atoms with van der Waals surface area (Å²) < 4.78 is 84.2. The highest BCUT2D eigenvalue weighted by Gasteiger charge is 2.30. The van der Waals surface area contributed by atoms with Crippen LogP contribution in [0.15, 0.2) is 123 Å². The van der Waals surface area contributed by atoms with Crippen molar-refractivity contribution < 1.29 is 51.2 Å². The van der Waals surface area contributed by atoms with Gasteiger partial charge in [0.05, 0.1) is 77.9 Å². The van der Waals surface area contributed by atoms with Gasteiger partial charge in [-0.05, 0) is 80.8 Å². The number of piperidine rings is 1. The molecule has 2 atom stereocenters. The van der Waals surface area contributed by atoms with E-state index in [0.29, 0.717) is 52.8 Å². The number of nitrogens with one attached hydrogen (secondary N) is 2. The number of carbonyl (C=O) groups excluding carboxylic acids is 2. The number of aliphatic hydroxyl groups excluding tert-OH is 1. The molecule has 2 fully saturated rings. The minimum Gasteiger partial charge on any atom is -0.454 e. The van der Waals surface area contributed by atoms with Gasteiger partial charge in [-0.2, -0.15) is 48.2 Å². The highest BCUT2D eigenvalue weighted by Crippen LogP contribution is 2.42. The lowest BCUT2D eigenvalue weighted by Crippen LogP contribution is -2.42. The van der Waals surface area contributed by atoms with Gasteiger partial charge in [0.1, 0.15) is 45.5 Å². The zero-order chi connectivity index (χ0) is 56.5. The van der Waals surface area contributed by atoms with Gasteiger partial charge in [0.2, 0.25) is 0 Å². The zero-order valence-electron chi connectivity index (χ0n) is 43.7. The molecule has 10 aromatic rings. The molecule has 28 heteroatoms. The Morgan fingerprint density at radius 1 is 0.654 bits per heavy atom. The molecule has 2 amide bonds. The standard InChI is InChI=1S/C27H27F2N9O4.C26H24F2N8O3/c1-35-9-6-21(22(39)15-35)38-13-17(11-31-38)41-16-4-5-23(42-27(28)29)18(10-16)24-20(14-36(2)34-24)33-26(40)19-12-32-37-8-3-7-30-25(19)37;1-15-8-16(9-15)36-13-18(11-30-36)38-17-4-5-22(39-26(27)28)19(10-17)23-21(14-34(2)33-23)32-25(37)20-12-31-35-7-3-6-29-24(20)35/h3-5,7-8,10-14,21-22,27,39H,6,9,15H2,1-2H3,(H,33,40);3-7,10-16,26H,8-9H2,1-2H3,(H,32,37). The minimum absolute atomic E-state index is 0.122. The molecule has 81 heavy (non-hydrogen) atoms. The number of aromatic nitrogens is 14. The minimum atomic E-state index is -3.10. The van der Waals surface area contributed by atoms with E-state index in [-0.39, 0.29) is 62.6 Å². The normalized spacial score (nSPS) is 17.2. The van der Waals surface area contributed by atoms with E-state index in [0.717, 1.165) is 25.8 Å². The van der Waals surface area contributed by atoms with Crippen LogP contribution < -0.4 is 29.6 Å². The molecule has 8 aromatic heterocycles. The summed E-state index contributed by atoms with van der Waals surface area (Å²) in [6, 6.07) is 12.3. The first-order valence-electron chi connectivity index (χ1n) is 25.3. The van der Waals surface area contributed by atoms with E-state index in [2.05, 4.69) is 63.0 Å². The monoisotopic (exact) mass is 1110 g/mol. The molecular formula is C53H51F4N17O7. The number of likely N-dealkylation sites (tertiary alicyclic amines) is 1. The Kier molecular flexibility index (Phi) is 14.9. The number of hydrogen-bond donors (Lipinski definition) is 3. The summed E-state index contributed by atoms with van der Waals surface area (Å²) in [5.41, 5.74) is 2.49. The number of β-amino-alcohol motifs (C(OH)–C–C–N with tert-alkyl or cyclic N) is 1. The molecule has 0 radical (unpaired) electrons. The molecule has 1 saturated heterocycles. The van der Waals surface area contributed by atoms with E-state index in [9.17, 15) is 32.3 Å². The van der Waals surface area contributed by atoms with Crippen LogP contribution in [0.3, 0.4) is 0 Å². The maximum Gasteiger partial charge on any atom is 0.387 e. The second-order valence-electron chi connectivity index (χ2n) is 19.4. The van der Waals surface area contributed by atoms with Crippen LogP contribution in [-0.2, 0) is 14.1 Å². The third kappa shape index (κ3) is 11.7.